The molecular formula is C31H29N7. The third kappa shape index (κ3) is 4.36. The van der Waals surface area contributed by atoms with Crippen LogP contribution in [0.15, 0.2) is 72.8 Å². The predicted molar refractivity (Wildman–Crippen MR) is 151 cm³/mol. The topological polar surface area (TPSA) is 85.2 Å². The summed E-state index contributed by atoms with van der Waals surface area (Å²) in [4.78, 5) is 9.72. The predicted octanol–water partition coefficient (Wildman–Crippen LogP) is 6.48. The van der Waals surface area contributed by atoms with Crippen molar-refractivity contribution in [3.63, 3.8) is 0 Å². The Hall–Kier alpha value is -4.65. The summed E-state index contributed by atoms with van der Waals surface area (Å²) in [6, 6.07) is 25.8. The van der Waals surface area contributed by atoms with E-state index in [0.29, 0.717) is 5.82 Å². The van der Waals surface area contributed by atoms with E-state index in [9.17, 15) is 0 Å². The van der Waals surface area contributed by atoms with Crippen LogP contribution in [0.2, 0.25) is 0 Å². The van der Waals surface area contributed by atoms with Crippen LogP contribution in [0.1, 0.15) is 35.1 Å². The van der Waals surface area contributed by atoms with Crippen LogP contribution < -0.4 is 0 Å². The van der Waals surface area contributed by atoms with Gasteiger partial charge in [0, 0.05) is 17.7 Å². The van der Waals surface area contributed by atoms with Crippen molar-refractivity contribution in [3.8, 4) is 33.6 Å². The summed E-state index contributed by atoms with van der Waals surface area (Å²) < 4.78 is 2.24. The van der Waals surface area contributed by atoms with Gasteiger partial charge in [0.1, 0.15) is 11.3 Å². The molecule has 0 saturated heterocycles. The number of hydrogen-bond donors (Lipinski definition) is 1. The lowest BCUT2D eigenvalue weighted by Crippen LogP contribution is -2.05. The summed E-state index contributed by atoms with van der Waals surface area (Å²) in [7, 11) is 0. The quantitative estimate of drug-likeness (QED) is 0.283. The second-order valence-corrected chi connectivity index (χ2v) is 9.78. The van der Waals surface area contributed by atoms with E-state index in [1.165, 1.54) is 22.3 Å². The molecule has 1 N–H and O–H groups in total. The lowest BCUT2D eigenvalue weighted by Gasteiger charge is -2.12. The Morgan fingerprint density at radius 3 is 2.21 bits per heavy atom. The molecule has 0 aliphatic rings. The van der Waals surface area contributed by atoms with Gasteiger partial charge in [0.2, 0.25) is 5.82 Å². The fraction of sp³-hybridized carbons (Fsp3) is 0.194. The number of hydrogen-bond acceptors (Lipinski definition) is 5. The van der Waals surface area contributed by atoms with Gasteiger partial charge in [0.05, 0.1) is 6.54 Å². The molecule has 0 amide bonds. The van der Waals surface area contributed by atoms with Crippen molar-refractivity contribution in [1.82, 2.24) is 35.2 Å². The minimum Gasteiger partial charge on any atom is -0.308 e. The maximum atomic E-state index is 4.89. The van der Waals surface area contributed by atoms with Gasteiger partial charge >= 0.3 is 0 Å². The van der Waals surface area contributed by atoms with Gasteiger partial charge in [0.25, 0.3) is 0 Å². The number of fused-ring (bicyclic) bond motifs is 1. The molecule has 0 bridgehead atoms. The second kappa shape index (κ2) is 9.67. The van der Waals surface area contributed by atoms with Gasteiger partial charge in [-0.15, -0.1) is 10.2 Å². The molecule has 7 nitrogen and oxygen atoms in total. The van der Waals surface area contributed by atoms with Crippen molar-refractivity contribution in [2.24, 2.45) is 0 Å². The lowest BCUT2D eigenvalue weighted by atomic mass is 9.93. The Morgan fingerprint density at radius 1 is 0.763 bits per heavy atom. The molecule has 6 rings (SSSR count). The summed E-state index contributed by atoms with van der Waals surface area (Å²) in [5.74, 6) is 1.63. The van der Waals surface area contributed by atoms with Crippen LogP contribution >= 0.6 is 0 Å². The largest absolute Gasteiger partial charge is 0.308 e. The molecule has 38 heavy (non-hydrogen) atoms. The number of H-pyrrole nitrogens is 1. The van der Waals surface area contributed by atoms with Crippen molar-refractivity contribution < 1.29 is 0 Å². The van der Waals surface area contributed by atoms with Crippen LogP contribution in [0, 0.1) is 20.8 Å². The average Bonchev–Trinajstić information content (AvgIpc) is 3.58. The minimum absolute atomic E-state index is 0.578. The molecule has 7 heteroatoms. The van der Waals surface area contributed by atoms with Gasteiger partial charge in [-0.2, -0.15) is 5.21 Å². The van der Waals surface area contributed by atoms with E-state index in [0.717, 1.165) is 57.9 Å². The Labute approximate surface area is 221 Å². The summed E-state index contributed by atoms with van der Waals surface area (Å²) >= 11 is 0. The highest BCUT2D eigenvalue weighted by Crippen LogP contribution is 2.34. The number of rotatable bonds is 6. The highest BCUT2D eigenvalue weighted by molar-refractivity contribution is 5.85. The van der Waals surface area contributed by atoms with Crippen molar-refractivity contribution in [1.29, 1.82) is 0 Å². The standard InChI is InChI=1S/C31H29N7/c1-5-28-33-29-20(3)16-21(4)32-31(29)38(28)18-22-8-12-24(13-9-22)27-17-25(23-10-6-19(2)7-11-23)14-15-26(27)30-34-36-37-35-30/h6-17H,5,18H2,1-4H3,(H,34,35,36,37). The normalized spacial score (nSPS) is 11.4. The molecule has 0 unspecified atom stereocenters. The van der Waals surface area contributed by atoms with Crippen LogP contribution in [0.5, 0.6) is 0 Å². The van der Waals surface area contributed by atoms with E-state index < -0.39 is 0 Å². The summed E-state index contributed by atoms with van der Waals surface area (Å²) in [6.07, 6.45) is 0.854. The summed E-state index contributed by atoms with van der Waals surface area (Å²) in [6.45, 7) is 9.11. The number of nitrogens with zero attached hydrogens (tertiary/aromatic N) is 6. The molecule has 0 radical (unpaired) electrons. The maximum Gasteiger partial charge on any atom is 0.205 e. The van der Waals surface area contributed by atoms with Crippen molar-refractivity contribution in [2.75, 3.05) is 0 Å². The van der Waals surface area contributed by atoms with Crippen LogP contribution in [0.3, 0.4) is 0 Å². The first-order valence-electron chi connectivity index (χ1n) is 12.9. The number of nitrogens with one attached hydrogen (secondary N) is 1. The molecule has 0 aliphatic carbocycles. The minimum atomic E-state index is 0.578. The lowest BCUT2D eigenvalue weighted by molar-refractivity contribution is 0.745. The van der Waals surface area contributed by atoms with Crippen LogP contribution in [-0.4, -0.2) is 35.2 Å². The molecular weight excluding hydrogens is 470 g/mol. The zero-order valence-corrected chi connectivity index (χ0v) is 22.0. The second-order valence-electron chi connectivity index (χ2n) is 9.78. The number of imidazole rings is 1. The van der Waals surface area contributed by atoms with Gasteiger partial charge < -0.3 is 4.57 Å². The van der Waals surface area contributed by atoms with Crippen LogP contribution in [-0.2, 0) is 13.0 Å². The summed E-state index contributed by atoms with van der Waals surface area (Å²) in [5.41, 5.74) is 12.0. The highest BCUT2D eigenvalue weighted by Gasteiger charge is 2.16. The molecule has 3 aromatic carbocycles. The van der Waals surface area contributed by atoms with E-state index in [-0.39, 0.29) is 0 Å². The molecule has 0 aliphatic heterocycles. The smallest absolute Gasteiger partial charge is 0.205 e. The molecule has 0 spiro atoms. The zero-order valence-electron chi connectivity index (χ0n) is 22.0. The molecule has 0 atom stereocenters. The Balaban J connectivity index is 1.39. The Kier molecular flexibility index (Phi) is 6.04. The zero-order chi connectivity index (χ0) is 26.2. The van der Waals surface area contributed by atoms with E-state index in [4.69, 9.17) is 9.97 Å². The van der Waals surface area contributed by atoms with Crippen LogP contribution in [0.4, 0.5) is 0 Å². The van der Waals surface area contributed by atoms with E-state index in [1.54, 1.807) is 0 Å². The number of aromatic amines is 1. The van der Waals surface area contributed by atoms with E-state index in [2.05, 4.69) is 119 Å². The SMILES string of the molecule is CCc1nc2c(C)cc(C)nc2n1Cc1ccc(-c2cc(-c3ccc(C)cc3)ccc2-c2nn[nH]n2)cc1. The molecule has 3 aromatic heterocycles. The van der Waals surface area contributed by atoms with Crippen LogP contribution in [0.25, 0.3) is 44.8 Å². The molecule has 0 saturated carbocycles. The fourth-order valence-corrected chi connectivity index (χ4v) is 5.04. The Morgan fingerprint density at radius 2 is 1.50 bits per heavy atom. The molecule has 188 valence electrons. The first kappa shape index (κ1) is 23.7. The monoisotopic (exact) mass is 499 g/mol. The van der Waals surface area contributed by atoms with Gasteiger partial charge in [0.15, 0.2) is 5.65 Å². The van der Waals surface area contributed by atoms with Crippen molar-refractivity contribution in [3.05, 3.63) is 101 Å². The third-order valence-corrected chi connectivity index (χ3v) is 7.01. The number of pyridine rings is 1. The first-order valence-corrected chi connectivity index (χ1v) is 12.9. The van der Waals surface area contributed by atoms with Gasteiger partial charge in [-0.25, -0.2) is 9.97 Å². The van der Waals surface area contributed by atoms with Crippen molar-refractivity contribution >= 4 is 11.2 Å². The Bertz CT molecular complexity index is 1730. The van der Waals surface area contributed by atoms with E-state index in [1.807, 2.05) is 6.92 Å². The van der Waals surface area contributed by atoms with Crippen molar-refractivity contribution in [2.45, 2.75) is 40.7 Å². The summed E-state index contributed by atoms with van der Waals surface area (Å²) in [5, 5.41) is 14.9. The average molecular weight is 500 g/mol. The third-order valence-electron chi connectivity index (χ3n) is 7.01. The fourth-order valence-electron chi connectivity index (χ4n) is 5.04. The number of aryl methyl sites for hydroxylation is 4. The van der Waals surface area contributed by atoms with E-state index >= 15 is 0 Å². The maximum absolute atomic E-state index is 4.89. The molecule has 6 aromatic rings. The first-order chi connectivity index (χ1) is 18.5. The number of benzene rings is 3. The number of aromatic nitrogens is 7. The highest BCUT2D eigenvalue weighted by atomic mass is 15.5. The van der Waals surface area contributed by atoms with Gasteiger partial charge in [-0.3, -0.25) is 0 Å². The molecule has 3 heterocycles. The van der Waals surface area contributed by atoms with Gasteiger partial charge in [-0.1, -0.05) is 67.1 Å². The van der Waals surface area contributed by atoms with Gasteiger partial charge in [-0.05, 0) is 77.6 Å². The molecule has 0 fully saturated rings. The number of tetrazole rings is 1.